The van der Waals surface area contributed by atoms with Crippen molar-refractivity contribution >= 4 is 52.0 Å². The molecule has 206 valence electrons. The predicted molar refractivity (Wildman–Crippen MR) is 160 cm³/mol. The second-order valence-corrected chi connectivity index (χ2v) is 9.68. The van der Waals surface area contributed by atoms with Crippen molar-refractivity contribution in [2.75, 3.05) is 11.5 Å². The van der Waals surface area contributed by atoms with Crippen molar-refractivity contribution in [3.05, 3.63) is 119 Å². The molecule has 1 aliphatic heterocycles. The fourth-order valence-corrected chi connectivity index (χ4v) is 4.97. The summed E-state index contributed by atoms with van der Waals surface area (Å²) in [5.41, 5.74) is 2.26. The van der Waals surface area contributed by atoms with Gasteiger partial charge in [0.2, 0.25) is 0 Å². The Labute approximate surface area is 242 Å². The standard InChI is InChI=1S/C33H27ClN2O5/c1-3-10-23-17-21(18-26-31(37)35-33(39)36(32(26)38)28-16-8-7-15-27(28)34)19-29(40-4-2)30(23)41-20-24-13-9-12-22-11-5-6-14-25(22)24/h3,5-9,11-19H,1,4,10,20H2,2H3,(H,35,37,39)/b26-18+. The average Bonchev–Trinajstić information content (AvgIpc) is 2.96. The highest BCUT2D eigenvalue weighted by atomic mass is 35.5. The van der Waals surface area contributed by atoms with Crippen LogP contribution in [-0.4, -0.2) is 24.5 Å². The molecule has 1 heterocycles. The largest absolute Gasteiger partial charge is 0.490 e. The normalized spacial score (nSPS) is 14.3. The minimum atomic E-state index is -0.871. The molecule has 41 heavy (non-hydrogen) atoms. The summed E-state index contributed by atoms with van der Waals surface area (Å²) < 4.78 is 12.3. The van der Waals surface area contributed by atoms with Crippen LogP contribution in [0.15, 0.2) is 97.1 Å². The van der Waals surface area contributed by atoms with Crippen molar-refractivity contribution < 1.29 is 23.9 Å². The molecule has 1 N–H and O–H groups in total. The molecule has 8 heteroatoms. The van der Waals surface area contributed by atoms with Gasteiger partial charge in [-0.2, -0.15) is 0 Å². The molecule has 0 spiro atoms. The maximum Gasteiger partial charge on any atom is 0.335 e. The lowest BCUT2D eigenvalue weighted by Gasteiger charge is -2.27. The Balaban J connectivity index is 1.52. The number of halogens is 1. The fraction of sp³-hybridized carbons (Fsp3) is 0.121. The van der Waals surface area contributed by atoms with Gasteiger partial charge in [-0.05, 0) is 65.6 Å². The number of urea groups is 1. The van der Waals surface area contributed by atoms with Crippen molar-refractivity contribution in [3.8, 4) is 11.5 Å². The lowest BCUT2D eigenvalue weighted by atomic mass is 10.0. The predicted octanol–water partition coefficient (Wildman–Crippen LogP) is 6.87. The maximum absolute atomic E-state index is 13.4. The van der Waals surface area contributed by atoms with Gasteiger partial charge in [0.15, 0.2) is 11.5 Å². The monoisotopic (exact) mass is 566 g/mol. The zero-order valence-corrected chi connectivity index (χ0v) is 23.1. The number of barbiturate groups is 1. The van der Waals surface area contributed by atoms with E-state index in [1.54, 1.807) is 30.3 Å². The Hall–Kier alpha value is -4.88. The van der Waals surface area contributed by atoms with Gasteiger partial charge in [0.05, 0.1) is 17.3 Å². The quantitative estimate of drug-likeness (QED) is 0.136. The van der Waals surface area contributed by atoms with E-state index in [2.05, 4.69) is 30.1 Å². The lowest BCUT2D eigenvalue weighted by Crippen LogP contribution is -2.54. The van der Waals surface area contributed by atoms with Gasteiger partial charge < -0.3 is 9.47 Å². The second kappa shape index (κ2) is 12.1. The van der Waals surface area contributed by atoms with Crippen LogP contribution in [0.25, 0.3) is 16.8 Å². The summed E-state index contributed by atoms with van der Waals surface area (Å²) in [5.74, 6) is -0.579. The van der Waals surface area contributed by atoms with Gasteiger partial charge in [-0.1, -0.05) is 72.3 Å². The van der Waals surface area contributed by atoms with Gasteiger partial charge in [0.25, 0.3) is 11.8 Å². The summed E-state index contributed by atoms with van der Waals surface area (Å²) in [7, 11) is 0. The molecular weight excluding hydrogens is 540 g/mol. The Morgan fingerprint density at radius 2 is 1.68 bits per heavy atom. The summed E-state index contributed by atoms with van der Waals surface area (Å²) in [6.45, 7) is 6.41. The van der Waals surface area contributed by atoms with Crippen molar-refractivity contribution in [2.45, 2.75) is 20.0 Å². The number of nitrogens with one attached hydrogen (secondary N) is 1. The number of imide groups is 2. The number of para-hydroxylation sites is 1. The maximum atomic E-state index is 13.4. The number of fused-ring (bicyclic) bond motifs is 1. The molecule has 4 aromatic rings. The number of rotatable bonds is 9. The first-order valence-electron chi connectivity index (χ1n) is 13.1. The van der Waals surface area contributed by atoms with Crippen LogP contribution in [-0.2, 0) is 22.6 Å². The van der Waals surface area contributed by atoms with Gasteiger partial charge >= 0.3 is 6.03 Å². The highest BCUT2D eigenvalue weighted by Crippen LogP contribution is 2.36. The number of carbonyl (C=O) groups excluding carboxylic acids is 3. The molecule has 0 atom stereocenters. The third kappa shape index (κ3) is 5.71. The Morgan fingerprint density at radius 1 is 0.927 bits per heavy atom. The van der Waals surface area contributed by atoms with Crippen LogP contribution in [0, 0.1) is 0 Å². The van der Waals surface area contributed by atoms with E-state index in [1.807, 2.05) is 37.3 Å². The molecule has 0 aromatic heterocycles. The van der Waals surface area contributed by atoms with Crippen molar-refractivity contribution in [1.29, 1.82) is 0 Å². The minimum Gasteiger partial charge on any atom is -0.490 e. The molecule has 0 saturated carbocycles. The van der Waals surface area contributed by atoms with E-state index in [0.717, 1.165) is 26.8 Å². The third-order valence-corrected chi connectivity index (χ3v) is 6.90. The van der Waals surface area contributed by atoms with E-state index >= 15 is 0 Å². The summed E-state index contributed by atoms with van der Waals surface area (Å²) in [6, 6.07) is 23.2. The Morgan fingerprint density at radius 3 is 2.46 bits per heavy atom. The number of benzene rings is 4. The van der Waals surface area contributed by atoms with Gasteiger partial charge in [-0.15, -0.1) is 6.58 Å². The molecule has 0 aliphatic carbocycles. The van der Waals surface area contributed by atoms with Gasteiger partial charge in [-0.3, -0.25) is 14.9 Å². The first-order valence-corrected chi connectivity index (χ1v) is 13.4. The molecule has 1 fully saturated rings. The molecule has 0 bridgehead atoms. The highest BCUT2D eigenvalue weighted by molar-refractivity contribution is 6.42. The molecular formula is C33H27ClN2O5. The number of ether oxygens (including phenoxy) is 2. The van der Waals surface area contributed by atoms with Crippen LogP contribution in [0.4, 0.5) is 10.5 Å². The van der Waals surface area contributed by atoms with E-state index in [4.69, 9.17) is 21.1 Å². The van der Waals surface area contributed by atoms with Crippen LogP contribution < -0.4 is 19.7 Å². The average molecular weight is 567 g/mol. The van der Waals surface area contributed by atoms with Crippen LogP contribution in [0.3, 0.4) is 0 Å². The number of amides is 4. The minimum absolute atomic E-state index is 0.176. The summed E-state index contributed by atoms with van der Waals surface area (Å²) in [5, 5.41) is 4.64. The molecule has 7 nitrogen and oxygen atoms in total. The first kappa shape index (κ1) is 27.7. The smallest absolute Gasteiger partial charge is 0.335 e. The molecule has 5 rings (SSSR count). The number of hydrogen-bond acceptors (Lipinski definition) is 5. The number of allylic oxidation sites excluding steroid dienone is 1. The number of anilines is 1. The Bertz CT molecular complexity index is 1710. The van der Waals surface area contributed by atoms with Gasteiger partial charge in [0, 0.05) is 5.56 Å². The van der Waals surface area contributed by atoms with Crippen molar-refractivity contribution in [1.82, 2.24) is 5.32 Å². The molecule has 4 amide bonds. The van der Waals surface area contributed by atoms with E-state index in [9.17, 15) is 14.4 Å². The van der Waals surface area contributed by atoms with E-state index in [-0.39, 0.29) is 16.3 Å². The molecule has 1 aliphatic rings. The molecule has 1 saturated heterocycles. The number of nitrogens with zero attached hydrogens (tertiary/aromatic N) is 1. The van der Waals surface area contributed by atoms with Gasteiger partial charge in [-0.25, -0.2) is 9.69 Å². The van der Waals surface area contributed by atoms with Crippen LogP contribution >= 0.6 is 11.6 Å². The highest BCUT2D eigenvalue weighted by Gasteiger charge is 2.37. The zero-order valence-electron chi connectivity index (χ0n) is 22.4. The fourth-order valence-electron chi connectivity index (χ4n) is 4.74. The van der Waals surface area contributed by atoms with Crippen LogP contribution in [0.5, 0.6) is 11.5 Å². The molecule has 0 radical (unpaired) electrons. The van der Waals surface area contributed by atoms with Gasteiger partial charge in [0.1, 0.15) is 12.2 Å². The summed E-state index contributed by atoms with van der Waals surface area (Å²) in [4.78, 5) is 39.6. The summed E-state index contributed by atoms with van der Waals surface area (Å²) in [6.07, 6.45) is 3.62. The molecule has 0 unspecified atom stereocenters. The van der Waals surface area contributed by atoms with Crippen LogP contribution in [0.2, 0.25) is 5.02 Å². The first-order chi connectivity index (χ1) is 19.9. The van der Waals surface area contributed by atoms with Crippen LogP contribution in [0.1, 0.15) is 23.6 Å². The Kier molecular flexibility index (Phi) is 8.17. The zero-order chi connectivity index (χ0) is 28.9. The lowest BCUT2D eigenvalue weighted by molar-refractivity contribution is -0.122. The topological polar surface area (TPSA) is 84.9 Å². The molecule has 4 aromatic carbocycles. The number of carbonyl (C=O) groups is 3. The SMILES string of the molecule is C=CCc1cc(/C=C2\C(=O)NC(=O)N(c3ccccc3Cl)C2=O)cc(OCC)c1OCc1cccc2ccccc12. The number of hydrogen-bond donors (Lipinski definition) is 1. The van der Waals surface area contributed by atoms with E-state index in [0.29, 0.717) is 36.7 Å². The van der Waals surface area contributed by atoms with Crippen molar-refractivity contribution in [3.63, 3.8) is 0 Å². The van der Waals surface area contributed by atoms with Crippen molar-refractivity contribution in [2.24, 2.45) is 0 Å². The van der Waals surface area contributed by atoms with E-state index < -0.39 is 17.8 Å². The third-order valence-electron chi connectivity index (χ3n) is 6.58. The summed E-state index contributed by atoms with van der Waals surface area (Å²) >= 11 is 6.25. The second-order valence-electron chi connectivity index (χ2n) is 9.27. The van der Waals surface area contributed by atoms with E-state index in [1.165, 1.54) is 12.1 Å².